The van der Waals surface area contributed by atoms with Crippen LogP contribution in [0.3, 0.4) is 0 Å². The molecule has 3 heterocycles. The number of piperazine rings is 1. The summed E-state index contributed by atoms with van der Waals surface area (Å²) in [6.07, 6.45) is 3.39. The van der Waals surface area contributed by atoms with Crippen molar-refractivity contribution in [3.63, 3.8) is 0 Å². The molecule has 0 saturated carbocycles. The number of hydrogen-bond acceptors (Lipinski definition) is 3. The molecule has 4 aromatic rings. The monoisotopic (exact) mass is 521 g/mol. The molecule has 0 unspecified atom stereocenters. The van der Waals surface area contributed by atoms with Crippen LogP contribution in [0.4, 0.5) is 13.2 Å². The maximum Gasteiger partial charge on any atom is 0.271 e. The smallest absolute Gasteiger partial charge is 0.271 e. The number of amides is 2. The van der Waals surface area contributed by atoms with Gasteiger partial charge in [0.25, 0.3) is 5.91 Å². The van der Waals surface area contributed by atoms with E-state index in [2.05, 4.69) is 0 Å². The third-order valence-corrected chi connectivity index (χ3v) is 6.76. The van der Waals surface area contributed by atoms with Gasteiger partial charge in [-0.05, 0) is 60.0 Å². The summed E-state index contributed by atoms with van der Waals surface area (Å²) < 4.78 is 47.7. The van der Waals surface area contributed by atoms with E-state index in [0.29, 0.717) is 55.3 Å². The molecule has 0 spiro atoms. The Bertz CT molecular complexity index is 1450. The summed E-state index contributed by atoms with van der Waals surface area (Å²) >= 11 is 0. The minimum absolute atomic E-state index is 0.0481. The second kappa shape index (κ2) is 10.6. The van der Waals surface area contributed by atoms with Gasteiger partial charge < -0.3 is 18.8 Å². The van der Waals surface area contributed by atoms with E-state index in [0.717, 1.165) is 23.3 Å². The van der Waals surface area contributed by atoms with Gasteiger partial charge >= 0.3 is 0 Å². The number of carbonyl (C=O) groups excluding carboxylic acids is 2. The molecule has 0 aliphatic carbocycles. The zero-order valence-electron chi connectivity index (χ0n) is 20.8. The topological polar surface area (TPSA) is 58.7 Å². The molecular weight excluding hydrogens is 495 g/mol. The normalized spacial score (nSPS) is 13.7. The Hall–Kier alpha value is -4.27. The molecule has 1 aliphatic heterocycles. The molecule has 1 fully saturated rings. The van der Waals surface area contributed by atoms with E-state index in [-0.39, 0.29) is 24.1 Å². The van der Waals surface area contributed by atoms with Crippen LogP contribution in [0.25, 0.3) is 11.3 Å². The average Bonchev–Trinajstić information content (AvgIpc) is 3.55. The fourth-order valence-corrected chi connectivity index (χ4v) is 4.81. The highest BCUT2D eigenvalue weighted by Gasteiger charge is 2.30. The number of furan rings is 1. The largest absolute Gasteiger partial charge is 0.464 e. The van der Waals surface area contributed by atoms with Crippen LogP contribution in [0.5, 0.6) is 0 Å². The summed E-state index contributed by atoms with van der Waals surface area (Å²) in [6, 6.07) is 13.1. The van der Waals surface area contributed by atoms with Crippen LogP contribution in [0.2, 0.25) is 0 Å². The lowest BCUT2D eigenvalue weighted by atomic mass is 10.1. The number of rotatable bonds is 6. The molecular formula is C29H26F3N3O3. The van der Waals surface area contributed by atoms with E-state index in [4.69, 9.17) is 4.42 Å². The van der Waals surface area contributed by atoms with Crippen LogP contribution in [-0.4, -0.2) is 52.4 Å². The van der Waals surface area contributed by atoms with Gasteiger partial charge in [0.05, 0.1) is 18.2 Å². The lowest BCUT2D eigenvalue weighted by molar-refractivity contribution is -0.131. The maximum absolute atomic E-state index is 13.9. The molecule has 0 radical (unpaired) electrons. The van der Waals surface area contributed by atoms with Crippen LogP contribution in [0.15, 0.2) is 71.5 Å². The first kappa shape index (κ1) is 25.4. The van der Waals surface area contributed by atoms with Crippen molar-refractivity contribution in [1.29, 1.82) is 0 Å². The Balaban J connectivity index is 1.34. The minimum atomic E-state index is -0.989. The Kier molecular flexibility index (Phi) is 7.09. The first-order valence-corrected chi connectivity index (χ1v) is 12.3. The van der Waals surface area contributed by atoms with Gasteiger partial charge in [-0.15, -0.1) is 0 Å². The van der Waals surface area contributed by atoms with Gasteiger partial charge in [0.2, 0.25) is 5.91 Å². The minimum Gasteiger partial charge on any atom is -0.464 e. The molecule has 2 amide bonds. The van der Waals surface area contributed by atoms with Crippen molar-refractivity contribution >= 4 is 11.8 Å². The molecule has 38 heavy (non-hydrogen) atoms. The first-order chi connectivity index (χ1) is 18.3. The average molecular weight is 522 g/mol. The number of halogens is 3. The lowest BCUT2D eigenvalue weighted by Crippen LogP contribution is -2.51. The Labute approximate surface area is 217 Å². The Morgan fingerprint density at radius 2 is 1.55 bits per heavy atom. The van der Waals surface area contributed by atoms with Crippen LogP contribution < -0.4 is 0 Å². The molecule has 1 saturated heterocycles. The van der Waals surface area contributed by atoms with Gasteiger partial charge in [-0.25, -0.2) is 13.2 Å². The molecule has 9 heteroatoms. The highest BCUT2D eigenvalue weighted by molar-refractivity contribution is 6.00. The molecule has 0 atom stereocenters. The van der Waals surface area contributed by atoms with Crippen molar-refractivity contribution in [3.8, 4) is 11.3 Å². The summed E-state index contributed by atoms with van der Waals surface area (Å²) in [5.41, 5.74) is 3.26. The van der Waals surface area contributed by atoms with Crippen LogP contribution in [-0.2, 0) is 17.8 Å². The third kappa shape index (κ3) is 5.22. The predicted molar refractivity (Wildman–Crippen MR) is 135 cm³/mol. The second-order valence-corrected chi connectivity index (χ2v) is 9.37. The van der Waals surface area contributed by atoms with Crippen molar-refractivity contribution in [3.05, 3.63) is 107 Å². The number of carbonyl (C=O) groups is 2. The number of aromatic nitrogens is 1. The van der Waals surface area contributed by atoms with Gasteiger partial charge in [0.15, 0.2) is 11.6 Å². The number of aryl methyl sites for hydroxylation is 1. The summed E-state index contributed by atoms with van der Waals surface area (Å²) in [6.45, 7) is 3.56. The summed E-state index contributed by atoms with van der Waals surface area (Å²) in [5, 5.41) is 0. The van der Waals surface area contributed by atoms with E-state index in [1.54, 1.807) is 40.3 Å². The Morgan fingerprint density at radius 1 is 0.868 bits per heavy atom. The van der Waals surface area contributed by atoms with Crippen LogP contribution in [0, 0.1) is 24.4 Å². The highest BCUT2D eigenvalue weighted by atomic mass is 19.2. The number of benzene rings is 2. The van der Waals surface area contributed by atoms with Crippen LogP contribution >= 0.6 is 0 Å². The summed E-state index contributed by atoms with van der Waals surface area (Å²) in [7, 11) is 0. The van der Waals surface area contributed by atoms with Crippen molar-refractivity contribution in [2.75, 3.05) is 26.2 Å². The first-order valence-electron chi connectivity index (χ1n) is 12.3. The lowest BCUT2D eigenvalue weighted by Gasteiger charge is -2.35. The molecule has 196 valence electrons. The van der Waals surface area contributed by atoms with E-state index >= 15 is 0 Å². The molecule has 0 N–H and O–H groups in total. The zero-order valence-corrected chi connectivity index (χ0v) is 20.8. The van der Waals surface area contributed by atoms with Gasteiger partial charge in [0.1, 0.15) is 17.3 Å². The van der Waals surface area contributed by atoms with Gasteiger partial charge in [-0.1, -0.05) is 18.2 Å². The van der Waals surface area contributed by atoms with Crippen LogP contribution in [0.1, 0.15) is 27.2 Å². The number of hydrogen-bond donors (Lipinski definition) is 0. The molecule has 1 aliphatic rings. The maximum atomic E-state index is 13.9. The molecule has 5 rings (SSSR count). The van der Waals surface area contributed by atoms with Crippen molar-refractivity contribution < 1.29 is 27.2 Å². The van der Waals surface area contributed by atoms with Gasteiger partial charge in [-0.2, -0.15) is 0 Å². The zero-order chi connectivity index (χ0) is 26.8. The second-order valence-electron chi connectivity index (χ2n) is 9.37. The van der Waals surface area contributed by atoms with Gasteiger partial charge in [0, 0.05) is 38.9 Å². The van der Waals surface area contributed by atoms with E-state index < -0.39 is 11.6 Å². The summed E-state index contributed by atoms with van der Waals surface area (Å²) in [4.78, 5) is 29.9. The molecule has 2 aromatic carbocycles. The van der Waals surface area contributed by atoms with E-state index in [1.165, 1.54) is 18.2 Å². The van der Waals surface area contributed by atoms with E-state index in [1.807, 2.05) is 17.7 Å². The quantitative estimate of drug-likeness (QED) is 0.357. The fourth-order valence-electron chi connectivity index (χ4n) is 4.81. The van der Waals surface area contributed by atoms with Crippen molar-refractivity contribution in [1.82, 2.24) is 14.4 Å². The molecule has 6 nitrogen and oxygen atoms in total. The highest BCUT2D eigenvalue weighted by Crippen LogP contribution is 2.31. The Morgan fingerprint density at radius 3 is 2.21 bits per heavy atom. The summed E-state index contributed by atoms with van der Waals surface area (Å²) in [5.74, 6) is -2.11. The van der Waals surface area contributed by atoms with Gasteiger partial charge in [-0.3, -0.25) is 9.59 Å². The standard InChI is InChI=1S/C29H26F3N3O3/c1-19-17-35(18-20-4-7-22(30)8-5-20)28(27(19)25-3-2-14-38-25)29(37)34-12-10-33(11-13-34)26(36)16-21-6-9-23(31)24(32)15-21/h2-9,14-15,17H,10-13,16,18H2,1H3. The predicted octanol–water partition coefficient (Wildman–Crippen LogP) is 5.05. The molecule has 2 aromatic heterocycles. The van der Waals surface area contributed by atoms with Crippen molar-refractivity contribution in [2.24, 2.45) is 0 Å². The van der Waals surface area contributed by atoms with Crippen molar-refractivity contribution in [2.45, 2.75) is 19.9 Å². The van der Waals surface area contributed by atoms with E-state index in [9.17, 15) is 22.8 Å². The molecule has 0 bridgehead atoms. The number of nitrogens with zero attached hydrogens (tertiary/aromatic N) is 3. The fraction of sp³-hybridized carbons (Fsp3) is 0.241. The SMILES string of the molecule is Cc1cn(Cc2ccc(F)cc2)c(C(=O)N2CCN(C(=O)Cc3ccc(F)c(F)c3)CC2)c1-c1ccco1. The third-order valence-electron chi connectivity index (χ3n) is 6.76.